The average molecular weight is 297 g/mol. The molecule has 0 spiro atoms. The summed E-state index contributed by atoms with van der Waals surface area (Å²) >= 11 is 0. The molecule has 3 heterocycles. The second-order valence-electron chi connectivity index (χ2n) is 6.83. The van der Waals surface area contributed by atoms with Crippen LogP contribution in [0.5, 0.6) is 0 Å². The van der Waals surface area contributed by atoms with Crippen LogP contribution in [-0.2, 0) is 12.0 Å². The molecule has 0 atom stereocenters. The summed E-state index contributed by atoms with van der Waals surface area (Å²) in [5.74, 6) is 1.82. The Labute approximate surface area is 131 Å². The van der Waals surface area contributed by atoms with Crippen molar-refractivity contribution in [2.24, 2.45) is 0 Å². The van der Waals surface area contributed by atoms with Crippen molar-refractivity contribution in [3.63, 3.8) is 0 Å². The van der Waals surface area contributed by atoms with Gasteiger partial charge in [-0.2, -0.15) is 5.10 Å². The molecule has 0 aromatic carbocycles. The van der Waals surface area contributed by atoms with Crippen LogP contribution in [0.1, 0.15) is 44.4 Å². The van der Waals surface area contributed by atoms with Crippen LogP contribution in [0.2, 0.25) is 0 Å². The molecule has 2 aromatic heterocycles. The molecule has 1 aliphatic heterocycles. The van der Waals surface area contributed by atoms with Crippen LogP contribution in [0.25, 0.3) is 5.57 Å². The number of H-pyrrole nitrogens is 1. The zero-order valence-corrected chi connectivity index (χ0v) is 13.5. The standard InChI is InChI=1S/C17H23N5/c1-17(2,3)16-19-15(20-21-16)12-22-9-5-7-14(11-22)13-6-4-8-18-10-13/h4,6-8,10H,5,9,11-12H2,1-3H3,(H,19,20,21). The summed E-state index contributed by atoms with van der Waals surface area (Å²) in [5.41, 5.74) is 2.53. The number of nitrogens with zero attached hydrogens (tertiary/aromatic N) is 4. The molecule has 0 radical (unpaired) electrons. The first-order valence-electron chi connectivity index (χ1n) is 7.76. The van der Waals surface area contributed by atoms with E-state index in [1.807, 2.05) is 18.5 Å². The predicted molar refractivity (Wildman–Crippen MR) is 87.2 cm³/mol. The maximum absolute atomic E-state index is 4.63. The first-order valence-corrected chi connectivity index (χ1v) is 7.76. The lowest BCUT2D eigenvalue weighted by molar-refractivity contribution is 0.289. The van der Waals surface area contributed by atoms with E-state index in [4.69, 9.17) is 0 Å². The van der Waals surface area contributed by atoms with E-state index in [-0.39, 0.29) is 5.41 Å². The summed E-state index contributed by atoms with van der Waals surface area (Å²) in [6.07, 6.45) is 7.12. The van der Waals surface area contributed by atoms with Gasteiger partial charge in [-0.25, -0.2) is 4.98 Å². The first kappa shape index (κ1) is 14.9. The number of nitrogens with one attached hydrogen (secondary N) is 1. The second kappa shape index (κ2) is 6.01. The second-order valence-corrected chi connectivity index (χ2v) is 6.83. The maximum Gasteiger partial charge on any atom is 0.156 e. The van der Waals surface area contributed by atoms with Crippen molar-refractivity contribution in [2.45, 2.75) is 39.2 Å². The van der Waals surface area contributed by atoms with Gasteiger partial charge < -0.3 is 0 Å². The molecule has 3 rings (SSSR count). The molecular weight excluding hydrogens is 274 g/mol. The molecule has 0 unspecified atom stereocenters. The number of hydrogen-bond donors (Lipinski definition) is 1. The van der Waals surface area contributed by atoms with Crippen molar-refractivity contribution in [2.75, 3.05) is 13.1 Å². The predicted octanol–water partition coefficient (Wildman–Crippen LogP) is 2.79. The largest absolute Gasteiger partial charge is 0.291 e. The van der Waals surface area contributed by atoms with E-state index in [1.165, 1.54) is 11.1 Å². The van der Waals surface area contributed by atoms with Gasteiger partial charge in [0.25, 0.3) is 0 Å². The van der Waals surface area contributed by atoms with Crippen molar-refractivity contribution >= 4 is 5.57 Å². The summed E-state index contributed by atoms with van der Waals surface area (Å²) in [5, 5.41) is 7.42. The Kier molecular flexibility index (Phi) is 4.07. The van der Waals surface area contributed by atoms with Crippen LogP contribution < -0.4 is 0 Å². The van der Waals surface area contributed by atoms with Crippen LogP contribution in [-0.4, -0.2) is 38.2 Å². The van der Waals surface area contributed by atoms with Crippen LogP contribution >= 0.6 is 0 Å². The number of hydrogen-bond acceptors (Lipinski definition) is 4. The van der Waals surface area contributed by atoms with E-state index in [1.54, 1.807) is 0 Å². The molecule has 0 aliphatic carbocycles. The highest BCUT2D eigenvalue weighted by Gasteiger charge is 2.21. The Morgan fingerprint density at radius 1 is 1.32 bits per heavy atom. The molecule has 5 nitrogen and oxygen atoms in total. The molecule has 5 heteroatoms. The van der Waals surface area contributed by atoms with Gasteiger partial charge in [0.15, 0.2) is 5.82 Å². The molecule has 116 valence electrons. The minimum Gasteiger partial charge on any atom is -0.291 e. The molecule has 22 heavy (non-hydrogen) atoms. The lowest BCUT2D eigenvalue weighted by atomic mass is 9.96. The molecule has 0 saturated carbocycles. The van der Waals surface area contributed by atoms with E-state index in [0.717, 1.165) is 37.7 Å². The highest BCUT2D eigenvalue weighted by atomic mass is 15.3. The van der Waals surface area contributed by atoms with Gasteiger partial charge in [-0.15, -0.1) is 0 Å². The summed E-state index contributed by atoms with van der Waals surface area (Å²) in [7, 11) is 0. The molecule has 2 aromatic rings. The Bertz CT molecular complexity index is 651. The minimum absolute atomic E-state index is 0.0164. The quantitative estimate of drug-likeness (QED) is 0.946. The molecule has 0 fully saturated rings. The van der Waals surface area contributed by atoms with Gasteiger partial charge in [0.1, 0.15) is 5.82 Å². The van der Waals surface area contributed by atoms with Crippen molar-refractivity contribution in [3.05, 3.63) is 47.8 Å². The van der Waals surface area contributed by atoms with Crippen molar-refractivity contribution in [3.8, 4) is 0 Å². The summed E-state index contributed by atoms with van der Waals surface area (Å²) < 4.78 is 0. The highest BCUT2D eigenvalue weighted by molar-refractivity contribution is 5.66. The molecule has 1 N–H and O–H groups in total. The number of aromatic nitrogens is 4. The Hall–Kier alpha value is -2.01. The highest BCUT2D eigenvalue weighted by Crippen LogP contribution is 2.22. The third kappa shape index (κ3) is 3.42. The minimum atomic E-state index is -0.0164. The first-order chi connectivity index (χ1) is 10.5. The van der Waals surface area contributed by atoms with Gasteiger partial charge in [0.2, 0.25) is 0 Å². The van der Waals surface area contributed by atoms with E-state index < -0.39 is 0 Å². The van der Waals surface area contributed by atoms with Crippen molar-refractivity contribution in [1.82, 2.24) is 25.1 Å². The van der Waals surface area contributed by atoms with Crippen LogP contribution in [0.4, 0.5) is 0 Å². The Balaban J connectivity index is 1.67. The van der Waals surface area contributed by atoms with Crippen LogP contribution in [0.15, 0.2) is 30.6 Å². The molecular formula is C17H23N5. The fourth-order valence-electron chi connectivity index (χ4n) is 2.62. The van der Waals surface area contributed by atoms with E-state index in [0.29, 0.717) is 0 Å². The van der Waals surface area contributed by atoms with Gasteiger partial charge in [-0.05, 0) is 23.6 Å². The van der Waals surface area contributed by atoms with E-state index in [9.17, 15) is 0 Å². The number of aromatic amines is 1. The fourth-order valence-corrected chi connectivity index (χ4v) is 2.62. The van der Waals surface area contributed by atoms with Gasteiger partial charge in [-0.3, -0.25) is 15.0 Å². The molecule has 1 aliphatic rings. The summed E-state index contributed by atoms with van der Waals surface area (Å²) in [6, 6.07) is 4.11. The normalized spacial score (nSPS) is 16.6. The van der Waals surface area contributed by atoms with E-state index in [2.05, 4.69) is 58.0 Å². The average Bonchev–Trinajstić information content (AvgIpc) is 2.97. The van der Waals surface area contributed by atoms with Crippen molar-refractivity contribution < 1.29 is 0 Å². The lowest BCUT2D eigenvalue weighted by Gasteiger charge is -2.26. The monoisotopic (exact) mass is 297 g/mol. The number of pyridine rings is 1. The van der Waals surface area contributed by atoms with E-state index >= 15 is 0 Å². The summed E-state index contributed by atoms with van der Waals surface area (Å²) in [6.45, 7) is 9.17. The van der Waals surface area contributed by atoms with Gasteiger partial charge in [0.05, 0.1) is 6.54 Å². The van der Waals surface area contributed by atoms with Crippen molar-refractivity contribution in [1.29, 1.82) is 0 Å². The van der Waals surface area contributed by atoms with Gasteiger partial charge >= 0.3 is 0 Å². The number of rotatable bonds is 3. The zero-order valence-electron chi connectivity index (χ0n) is 13.5. The van der Waals surface area contributed by atoms with Gasteiger partial charge in [-0.1, -0.05) is 32.9 Å². The van der Waals surface area contributed by atoms with Gasteiger partial charge in [0, 0.05) is 30.9 Å². The lowest BCUT2D eigenvalue weighted by Crippen LogP contribution is -2.29. The molecule has 0 saturated heterocycles. The maximum atomic E-state index is 4.63. The topological polar surface area (TPSA) is 57.7 Å². The summed E-state index contributed by atoms with van der Waals surface area (Å²) in [4.78, 5) is 11.2. The molecule has 0 bridgehead atoms. The smallest absolute Gasteiger partial charge is 0.156 e. The zero-order chi connectivity index (χ0) is 15.6. The third-order valence-corrected chi connectivity index (χ3v) is 3.84. The SMILES string of the molecule is CC(C)(C)c1n[nH]c(CN2CCC=C(c3cccnc3)C2)n1. The Morgan fingerprint density at radius 2 is 2.18 bits per heavy atom. The fraction of sp³-hybridized carbons (Fsp3) is 0.471. The van der Waals surface area contributed by atoms with Crippen LogP contribution in [0, 0.1) is 0 Å². The van der Waals surface area contributed by atoms with Crippen LogP contribution in [0.3, 0.4) is 0 Å². The Morgan fingerprint density at radius 3 is 2.86 bits per heavy atom. The third-order valence-electron chi connectivity index (χ3n) is 3.84. The molecule has 0 amide bonds.